The molecule has 0 atom stereocenters. The number of sulfone groups is 2. The normalized spacial score (nSPS) is 18.3. The number of thioether (sulfide) groups is 2. The molecule has 72 heavy (non-hydrogen) atoms. The van der Waals surface area contributed by atoms with Crippen LogP contribution in [0.3, 0.4) is 0 Å². The largest absolute Gasteiger partial charge is 0.478 e. The van der Waals surface area contributed by atoms with E-state index < -0.39 is 43.0 Å². The summed E-state index contributed by atoms with van der Waals surface area (Å²) in [6, 6.07) is 7.64. The first-order chi connectivity index (χ1) is 31.5. The standard InChI is InChI=1S/C13H15ClO4S.C13H15ClO2S.C13H16O4S.C12H14BrClS.2H2O.Zn/c1-7-8(12(15)16)6-9(14)11-10(7)13(2,3)4-5-19(11,17)18;1-7-8(12(15)16)6-9(14)11-10(7)13(2,3)4-5-17-11;1-8-9(12(14)15)4-5-10-11(8)13(2,3)6-7-18(10,16)17;1-7-8(13)6-9(14)11-10(7)12(2,3)4-5-15-11;;;/h6H,4-5H2,1-3H3,(H,15,16);6H,4-5H2,1-3H3,(H,15,16);4-5H,6-7H2,1-3H3,(H,14,15);6H,4-5H2,1-3H3;2*1H2;. The van der Waals surface area contributed by atoms with E-state index in [-0.39, 0.29) is 79.2 Å². The molecule has 4 aliphatic heterocycles. The van der Waals surface area contributed by atoms with Crippen molar-refractivity contribution < 1.29 is 77.0 Å². The summed E-state index contributed by atoms with van der Waals surface area (Å²) in [6.45, 7) is 24.0. The molecule has 12 nitrogen and oxygen atoms in total. The Balaban J connectivity index is 0.000000325. The number of aromatic carboxylic acids is 3. The summed E-state index contributed by atoms with van der Waals surface area (Å²) in [6.07, 6.45) is 3.25. The zero-order chi connectivity index (χ0) is 52.3. The molecule has 0 unspecified atom stereocenters. The van der Waals surface area contributed by atoms with Crippen LogP contribution in [-0.4, -0.2) is 84.0 Å². The van der Waals surface area contributed by atoms with E-state index >= 15 is 0 Å². The van der Waals surface area contributed by atoms with Crippen LogP contribution in [0.25, 0.3) is 0 Å². The van der Waals surface area contributed by atoms with Gasteiger partial charge in [-0.2, -0.15) is 0 Å². The summed E-state index contributed by atoms with van der Waals surface area (Å²) in [7, 11) is -6.70. The van der Waals surface area contributed by atoms with Gasteiger partial charge in [-0.1, -0.05) is 106 Å². The Kier molecular flexibility index (Phi) is 22.0. The maximum absolute atomic E-state index is 12.2. The van der Waals surface area contributed by atoms with Crippen LogP contribution in [-0.2, 0) is 60.8 Å². The van der Waals surface area contributed by atoms with Gasteiger partial charge in [-0.25, -0.2) is 31.2 Å². The van der Waals surface area contributed by atoms with Gasteiger partial charge in [0.1, 0.15) is 0 Å². The van der Waals surface area contributed by atoms with Crippen LogP contribution in [0, 0.1) is 27.7 Å². The van der Waals surface area contributed by atoms with Crippen molar-refractivity contribution >= 4 is 112 Å². The summed E-state index contributed by atoms with van der Waals surface area (Å²) >= 11 is 25.7. The van der Waals surface area contributed by atoms with Crippen molar-refractivity contribution in [1.82, 2.24) is 0 Å². The number of fused-ring (bicyclic) bond motifs is 4. The molecular formula is C51H64BrCl3O12S4Zn. The number of hydrogen-bond donors (Lipinski definition) is 3. The molecule has 0 radical (unpaired) electrons. The van der Waals surface area contributed by atoms with Gasteiger partial charge in [-0.15, -0.1) is 23.5 Å². The van der Waals surface area contributed by atoms with Crippen molar-refractivity contribution in [1.29, 1.82) is 0 Å². The number of benzene rings is 4. The number of carboxylic acid groups (broad SMARTS) is 3. The second kappa shape index (κ2) is 24.0. The Labute approximate surface area is 468 Å². The number of rotatable bonds is 3. The van der Waals surface area contributed by atoms with Crippen molar-refractivity contribution in [2.75, 3.05) is 23.0 Å². The maximum Gasteiger partial charge on any atom is 0.336 e. The van der Waals surface area contributed by atoms with Gasteiger partial charge >= 0.3 is 17.9 Å². The summed E-state index contributed by atoms with van der Waals surface area (Å²) in [5, 5.41) is 29.0. The molecule has 0 spiro atoms. The summed E-state index contributed by atoms with van der Waals surface area (Å²) < 4.78 is 49.6. The Hall–Kier alpha value is -2.22. The first-order valence-electron chi connectivity index (χ1n) is 22.2. The van der Waals surface area contributed by atoms with Gasteiger partial charge in [0.05, 0.1) is 53.1 Å². The van der Waals surface area contributed by atoms with Gasteiger partial charge in [0.2, 0.25) is 0 Å². The van der Waals surface area contributed by atoms with Gasteiger partial charge in [0.15, 0.2) is 19.7 Å². The van der Waals surface area contributed by atoms with Crippen LogP contribution < -0.4 is 0 Å². The number of carboxylic acids is 3. The molecule has 4 aromatic carbocycles. The monoisotopic (exact) mass is 1240 g/mol. The molecule has 21 heteroatoms. The molecule has 0 aromatic heterocycles. The van der Waals surface area contributed by atoms with Crippen LogP contribution in [0.2, 0.25) is 15.1 Å². The molecule has 394 valence electrons. The Morgan fingerprint density at radius 2 is 0.889 bits per heavy atom. The van der Waals surface area contributed by atoms with E-state index in [2.05, 4.69) is 50.5 Å². The second-order valence-electron chi connectivity index (χ2n) is 20.5. The van der Waals surface area contributed by atoms with E-state index in [1.165, 1.54) is 46.4 Å². The van der Waals surface area contributed by atoms with Gasteiger partial charge in [-0.3, -0.25) is 0 Å². The molecule has 4 heterocycles. The quantitative estimate of drug-likeness (QED) is 0.162. The SMILES string of the molecule is Cc1c(Br)cc(Cl)c2c1C(C)(C)CCS2.Cc1c(C(=O)O)cc(Cl)c2c1C(C)(C)CCS2.Cc1c(C(=O)O)cc(Cl)c2c1C(C)(C)CCS2(=O)=O.Cc1c(C(=O)O)ccc2c1C(C)(C)CCS2(=O)=O.O.O.[Zn]. The Bertz CT molecular complexity index is 3030. The third-order valence-corrected chi connectivity index (χ3v) is 21.7. The van der Waals surface area contributed by atoms with Crippen molar-refractivity contribution in [2.24, 2.45) is 0 Å². The molecule has 0 bridgehead atoms. The molecule has 0 saturated carbocycles. The number of hydrogen-bond acceptors (Lipinski definition) is 9. The first-order valence-corrected chi connectivity index (χ1v) is 29.4. The van der Waals surface area contributed by atoms with Crippen LogP contribution >= 0.6 is 74.3 Å². The van der Waals surface area contributed by atoms with Crippen molar-refractivity contribution in [3.8, 4) is 0 Å². The van der Waals surface area contributed by atoms with Gasteiger partial charge in [0.25, 0.3) is 0 Å². The van der Waals surface area contributed by atoms with E-state index in [4.69, 9.17) is 39.9 Å². The predicted octanol–water partition coefficient (Wildman–Crippen LogP) is 12.6. The molecular weight excluding hydrogens is 1180 g/mol. The minimum atomic E-state index is -3.43. The number of halogens is 4. The zero-order valence-corrected chi connectivity index (χ0v) is 52.7. The van der Waals surface area contributed by atoms with Crippen LogP contribution in [0.4, 0.5) is 0 Å². The molecule has 4 aliphatic rings. The third-order valence-electron chi connectivity index (χ3n) is 13.8. The fourth-order valence-corrected chi connectivity index (χ4v) is 19.1. The maximum atomic E-state index is 12.2. The minimum absolute atomic E-state index is 0. The van der Waals surface area contributed by atoms with E-state index in [0.717, 1.165) is 37.7 Å². The summed E-state index contributed by atoms with van der Waals surface area (Å²) in [5.74, 6) is -0.655. The van der Waals surface area contributed by atoms with E-state index in [9.17, 15) is 41.4 Å². The number of carbonyl (C=O) groups is 3. The molecule has 0 fully saturated rings. The van der Waals surface area contributed by atoms with Crippen molar-refractivity contribution in [3.05, 3.63) is 111 Å². The molecule has 8 rings (SSSR count). The minimum Gasteiger partial charge on any atom is -0.478 e. The molecule has 0 saturated heterocycles. The van der Waals surface area contributed by atoms with Crippen LogP contribution in [0.1, 0.15) is 157 Å². The zero-order valence-electron chi connectivity index (χ0n) is 42.6. The van der Waals surface area contributed by atoms with Crippen LogP contribution in [0.5, 0.6) is 0 Å². The summed E-state index contributed by atoms with van der Waals surface area (Å²) in [4.78, 5) is 36.3. The van der Waals surface area contributed by atoms with E-state index in [1.807, 2.05) is 52.4 Å². The fraction of sp³-hybridized carbons (Fsp3) is 0.471. The topological polar surface area (TPSA) is 243 Å². The third kappa shape index (κ3) is 13.3. The van der Waals surface area contributed by atoms with E-state index in [0.29, 0.717) is 50.6 Å². The smallest absolute Gasteiger partial charge is 0.336 e. The summed E-state index contributed by atoms with van der Waals surface area (Å²) in [5.41, 5.74) is 7.09. The molecule has 0 amide bonds. The molecule has 7 N–H and O–H groups in total. The average molecular weight is 1250 g/mol. The van der Waals surface area contributed by atoms with Gasteiger partial charge in [-0.05, 0) is 161 Å². The Morgan fingerprint density at radius 3 is 1.35 bits per heavy atom. The molecule has 4 aromatic rings. The van der Waals surface area contributed by atoms with Crippen LogP contribution in [0.15, 0.2) is 54.4 Å². The van der Waals surface area contributed by atoms with Gasteiger partial charge < -0.3 is 26.3 Å². The van der Waals surface area contributed by atoms with Gasteiger partial charge in [0, 0.05) is 33.7 Å². The van der Waals surface area contributed by atoms with Crippen molar-refractivity contribution in [2.45, 2.75) is 150 Å². The Morgan fingerprint density at radius 1 is 0.528 bits per heavy atom. The fourth-order valence-electron chi connectivity index (χ4n) is 9.95. The van der Waals surface area contributed by atoms with E-state index in [1.54, 1.807) is 31.7 Å². The molecule has 0 aliphatic carbocycles. The first kappa shape index (κ1) is 65.9. The van der Waals surface area contributed by atoms with Crippen molar-refractivity contribution in [3.63, 3.8) is 0 Å². The average Bonchev–Trinajstić information content (AvgIpc) is 3.22. The second-order valence-corrected chi connectivity index (χ2v) is 28.9. The predicted molar refractivity (Wildman–Crippen MR) is 292 cm³/mol.